The van der Waals surface area contributed by atoms with E-state index in [4.69, 9.17) is 19.5 Å². The first-order chi connectivity index (χ1) is 20.5. The van der Waals surface area contributed by atoms with E-state index >= 15 is 0 Å². The summed E-state index contributed by atoms with van der Waals surface area (Å²) in [7, 11) is 0. The van der Waals surface area contributed by atoms with Gasteiger partial charge in [0.25, 0.3) is 0 Å². The predicted octanol–water partition coefficient (Wildman–Crippen LogP) is 6.33. The summed E-state index contributed by atoms with van der Waals surface area (Å²) in [5, 5.41) is 7.67. The second-order valence-electron chi connectivity index (χ2n) is 12.9. The molecule has 1 aliphatic heterocycles. The fraction of sp³-hybridized carbons (Fsp3) is 0.594. The van der Waals surface area contributed by atoms with Crippen LogP contribution in [-0.2, 0) is 6.54 Å². The van der Waals surface area contributed by atoms with E-state index in [2.05, 4.69) is 69.1 Å². The second-order valence-corrected chi connectivity index (χ2v) is 12.9. The Hall–Kier alpha value is -3.69. The minimum Gasteiger partial charge on any atom is -0.365 e. The predicted molar refractivity (Wildman–Crippen MR) is 163 cm³/mol. The lowest BCUT2D eigenvalue weighted by Crippen LogP contribution is -2.36. The highest BCUT2D eigenvalue weighted by Crippen LogP contribution is 2.40. The number of rotatable bonds is 8. The molecule has 0 spiro atoms. The molecule has 2 atom stereocenters. The van der Waals surface area contributed by atoms with Gasteiger partial charge in [0.2, 0.25) is 17.6 Å². The van der Waals surface area contributed by atoms with Crippen molar-refractivity contribution in [2.24, 2.45) is 17.8 Å². The largest absolute Gasteiger partial charge is 0.439 e. The van der Waals surface area contributed by atoms with Gasteiger partial charge in [-0.3, -0.25) is 9.51 Å². The molecule has 0 amide bonds. The maximum Gasteiger partial charge on any atom is 0.439 e. The molecule has 0 bridgehead atoms. The number of fused-ring (bicyclic) bond motifs is 1. The molecule has 0 unspecified atom stereocenters. The van der Waals surface area contributed by atoms with Crippen molar-refractivity contribution in [2.75, 3.05) is 16.8 Å². The van der Waals surface area contributed by atoms with Crippen molar-refractivity contribution < 1.29 is 4.52 Å². The van der Waals surface area contributed by atoms with E-state index < -0.39 is 5.76 Å². The van der Waals surface area contributed by atoms with Gasteiger partial charge in [0, 0.05) is 19.1 Å². The van der Waals surface area contributed by atoms with Crippen molar-refractivity contribution in [3.8, 4) is 11.6 Å². The topological polar surface area (TPSA) is 118 Å². The SMILES string of the molecule is C[C@@H](Nc1nc(-c2noc(=O)[nH]2)nc2nc(N3CCCC[C@H]3c3ccccc3)n(C[C@H]3CC[C@H](C)CC3)c12)C1CCC1. The van der Waals surface area contributed by atoms with Crippen molar-refractivity contribution in [3.63, 3.8) is 0 Å². The molecule has 3 aliphatic rings. The molecule has 7 rings (SSSR count). The molecule has 10 nitrogen and oxygen atoms in total. The molecule has 4 heterocycles. The lowest BCUT2D eigenvalue weighted by molar-refractivity contribution is 0.266. The molecule has 2 N–H and O–H groups in total. The highest BCUT2D eigenvalue weighted by atomic mass is 16.5. The number of benzene rings is 1. The molecule has 2 saturated carbocycles. The minimum absolute atomic E-state index is 0.221. The van der Waals surface area contributed by atoms with Crippen LogP contribution in [0.4, 0.5) is 11.8 Å². The normalized spacial score (nSPS) is 24.0. The first-order valence-corrected chi connectivity index (χ1v) is 16.0. The third-order valence-corrected chi connectivity index (χ3v) is 9.98. The molecule has 2 aliphatic carbocycles. The van der Waals surface area contributed by atoms with Gasteiger partial charge in [-0.2, -0.15) is 4.98 Å². The molecule has 4 aromatic rings. The summed E-state index contributed by atoms with van der Waals surface area (Å²) in [6.07, 6.45) is 12.1. The number of hydrogen-bond acceptors (Lipinski definition) is 8. The van der Waals surface area contributed by atoms with Gasteiger partial charge in [-0.05, 0) is 75.2 Å². The molecule has 0 radical (unpaired) electrons. The standard InChI is InChI=1S/C32H42N8O2/c1-20-14-16-22(17-15-20)19-40-26-27(33-21(2)23-11-8-12-23)34-29(30-37-32(41)42-38-30)35-28(26)36-31(40)39-18-7-6-13-25(39)24-9-4-3-5-10-24/h3-5,9-10,20-23,25H,6-8,11-19H2,1-2H3,(H,33,34,35)(H,37,38,41)/t20-,21-,22-,25+/m1/s1. The second kappa shape index (κ2) is 11.5. The van der Waals surface area contributed by atoms with E-state index in [0.717, 1.165) is 49.1 Å². The van der Waals surface area contributed by atoms with Crippen LogP contribution in [0.25, 0.3) is 22.8 Å². The maximum absolute atomic E-state index is 11.8. The number of aromatic nitrogens is 6. The van der Waals surface area contributed by atoms with Crippen LogP contribution in [-0.4, -0.2) is 42.2 Å². The van der Waals surface area contributed by atoms with Crippen LogP contribution in [0, 0.1) is 17.8 Å². The Labute approximate surface area is 246 Å². The summed E-state index contributed by atoms with van der Waals surface area (Å²) in [6.45, 7) is 6.46. The fourth-order valence-electron chi connectivity index (χ4n) is 7.19. The van der Waals surface area contributed by atoms with Crippen LogP contribution in [0.15, 0.2) is 39.6 Å². The fourth-order valence-corrected chi connectivity index (χ4v) is 7.19. The zero-order valence-corrected chi connectivity index (χ0v) is 24.8. The summed E-state index contributed by atoms with van der Waals surface area (Å²) >= 11 is 0. The number of imidazole rings is 1. The van der Waals surface area contributed by atoms with E-state index in [1.54, 1.807) is 0 Å². The summed E-state index contributed by atoms with van der Waals surface area (Å²) in [5.41, 5.74) is 2.90. The molecule has 10 heteroatoms. The number of hydrogen-bond donors (Lipinski definition) is 2. The molecule has 1 saturated heterocycles. The van der Waals surface area contributed by atoms with Gasteiger partial charge in [-0.25, -0.2) is 14.8 Å². The molecule has 42 heavy (non-hydrogen) atoms. The Kier molecular flexibility index (Phi) is 7.46. The monoisotopic (exact) mass is 570 g/mol. The zero-order valence-electron chi connectivity index (χ0n) is 24.8. The first-order valence-electron chi connectivity index (χ1n) is 16.0. The van der Waals surface area contributed by atoms with Gasteiger partial charge >= 0.3 is 5.76 Å². The number of H-pyrrole nitrogens is 1. The zero-order chi connectivity index (χ0) is 28.6. The van der Waals surface area contributed by atoms with Gasteiger partial charge in [-0.1, -0.05) is 61.7 Å². The van der Waals surface area contributed by atoms with E-state index in [1.165, 1.54) is 56.9 Å². The summed E-state index contributed by atoms with van der Waals surface area (Å²) in [5.74, 6) is 3.64. The quantitative estimate of drug-likeness (QED) is 0.252. The molecular formula is C32H42N8O2. The lowest BCUT2D eigenvalue weighted by Gasteiger charge is -2.38. The van der Waals surface area contributed by atoms with Crippen molar-refractivity contribution in [3.05, 3.63) is 46.4 Å². The first kappa shape index (κ1) is 27.2. The van der Waals surface area contributed by atoms with Gasteiger partial charge in [0.05, 0.1) is 6.04 Å². The van der Waals surface area contributed by atoms with Crippen LogP contribution in [0.5, 0.6) is 0 Å². The lowest BCUT2D eigenvalue weighted by atomic mass is 9.80. The Bertz CT molecular complexity index is 1560. The van der Waals surface area contributed by atoms with E-state index in [-0.39, 0.29) is 17.9 Å². The van der Waals surface area contributed by atoms with Gasteiger partial charge < -0.3 is 14.8 Å². The summed E-state index contributed by atoms with van der Waals surface area (Å²) < 4.78 is 7.24. The third kappa shape index (κ3) is 5.31. The number of anilines is 2. The number of nitrogens with one attached hydrogen (secondary N) is 2. The van der Waals surface area contributed by atoms with Crippen LogP contribution < -0.4 is 16.0 Å². The minimum atomic E-state index is -0.622. The van der Waals surface area contributed by atoms with Gasteiger partial charge in [0.15, 0.2) is 11.5 Å². The average Bonchev–Trinajstić information content (AvgIpc) is 3.57. The number of aromatic amines is 1. The molecule has 1 aromatic carbocycles. The van der Waals surface area contributed by atoms with Crippen LogP contribution in [0.3, 0.4) is 0 Å². The number of nitrogens with zero attached hydrogens (tertiary/aromatic N) is 6. The van der Waals surface area contributed by atoms with Crippen LogP contribution in [0.1, 0.15) is 89.7 Å². The van der Waals surface area contributed by atoms with E-state index in [1.807, 2.05) is 0 Å². The highest BCUT2D eigenvalue weighted by molar-refractivity contribution is 5.87. The van der Waals surface area contributed by atoms with Crippen molar-refractivity contribution in [1.82, 2.24) is 29.7 Å². The molecule has 3 fully saturated rings. The van der Waals surface area contributed by atoms with E-state index in [9.17, 15) is 4.79 Å². The Morgan fingerprint density at radius 3 is 2.52 bits per heavy atom. The highest BCUT2D eigenvalue weighted by Gasteiger charge is 2.33. The molecular weight excluding hydrogens is 528 g/mol. The van der Waals surface area contributed by atoms with E-state index in [0.29, 0.717) is 23.3 Å². The van der Waals surface area contributed by atoms with Crippen LogP contribution in [0.2, 0.25) is 0 Å². The van der Waals surface area contributed by atoms with Gasteiger partial charge in [0.1, 0.15) is 5.52 Å². The summed E-state index contributed by atoms with van der Waals surface area (Å²) in [4.78, 5) is 32.1. The van der Waals surface area contributed by atoms with Crippen molar-refractivity contribution >= 4 is 22.9 Å². The van der Waals surface area contributed by atoms with Crippen molar-refractivity contribution in [2.45, 2.75) is 96.7 Å². The molecule has 3 aromatic heterocycles. The maximum atomic E-state index is 11.8. The number of piperidine rings is 1. The summed E-state index contributed by atoms with van der Waals surface area (Å²) in [6, 6.07) is 11.4. The third-order valence-electron chi connectivity index (χ3n) is 9.98. The smallest absolute Gasteiger partial charge is 0.365 e. The Morgan fingerprint density at radius 1 is 1.00 bits per heavy atom. The molecule has 222 valence electrons. The Balaban J connectivity index is 1.38. The Morgan fingerprint density at radius 2 is 1.81 bits per heavy atom. The van der Waals surface area contributed by atoms with Crippen molar-refractivity contribution in [1.29, 1.82) is 0 Å². The van der Waals surface area contributed by atoms with Gasteiger partial charge in [-0.15, -0.1) is 0 Å². The van der Waals surface area contributed by atoms with Crippen LogP contribution >= 0.6 is 0 Å². The average molecular weight is 571 g/mol.